The zero-order valence-corrected chi connectivity index (χ0v) is 9.54. The van der Waals surface area contributed by atoms with E-state index in [1.54, 1.807) is 0 Å². The lowest BCUT2D eigenvalue weighted by molar-refractivity contribution is -0.0251. The molecule has 1 rings (SSSR count). The number of hydrogen-bond acceptors (Lipinski definition) is 4. The summed E-state index contributed by atoms with van der Waals surface area (Å²) in [6.45, 7) is 8.04. The molecule has 1 atom stereocenters. The third kappa shape index (κ3) is 5.12. The van der Waals surface area contributed by atoms with Crippen LogP contribution in [0.4, 0.5) is 0 Å². The molecule has 1 saturated heterocycles. The van der Waals surface area contributed by atoms with Crippen molar-refractivity contribution < 1.29 is 4.74 Å². The maximum absolute atomic E-state index is 8.37. The van der Waals surface area contributed by atoms with E-state index in [9.17, 15) is 0 Å². The zero-order chi connectivity index (χ0) is 10.9. The lowest BCUT2D eigenvalue weighted by Crippen LogP contribution is -2.46. The van der Waals surface area contributed by atoms with E-state index in [0.29, 0.717) is 12.5 Å². The Kier molecular flexibility index (Phi) is 6.33. The third-order valence-corrected chi connectivity index (χ3v) is 2.68. The minimum atomic E-state index is 0.320. The Bertz CT molecular complexity index is 202. The molecule has 86 valence electrons. The number of nitrogens with one attached hydrogen (secondary N) is 1. The summed E-state index contributed by atoms with van der Waals surface area (Å²) < 4.78 is 5.65. The minimum Gasteiger partial charge on any atom is -0.374 e. The SMILES string of the molecule is CCN1CCOC(CNCCCC#N)C1. The number of ether oxygens (including phenoxy) is 1. The van der Waals surface area contributed by atoms with Crippen molar-refractivity contribution in [1.29, 1.82) is 5.26 Å². The molecule has 0 aromatic heterocycles. The summed E-state index contributed by atoms with van der Waals surface area (Å²) in [5, 5.41) is 11.7. The van der Waals surface area contributed by atoms with Crippen LogP contribution in [-0.2, 0) is 4.74 Å². The van der Waals surface area contributed by atoms with Gasteiger partial charge in [-0.1, -0.05) is 6.92 Å². The molecule has 0 radical (unpaired) electrons. The van der Waals surface area contributed by atoms with Crippen LogP contribution in [0.5, 0.6) is 0 Å². The second kappa shape index (κ2) is 7.63. The number of nitriles is 1. The summed E-state index contributed by atoms with van der Waals surface area (Å²) in [6.07, 6.45) is 1.89. The first-order valence-corrected chi connectivity index (χ1v) is 5.78. The maximum Gasteiger partial charge on any atom is 0.0826 e. The molecule has 0 aromatic carbocycles. The van der Waals surface area contributed by atoms with Crippen molar-refractivity contribution in [2.45, 2.75) is 25.9 Å². The molecule has 0 spiro atoms. The van der Waals surface area contributed by atoms with Gasteiger partial charge in [0, 0.05) is 26.1 Å². The molecule has 1 aliphatic rings. The number of rotatable bonds is 6. The molecule has 0 saturated carbocycles. The first-order chi connectivity index (χ1) is 7.36. The van der Waals surface area contributed by atoms with Crippen LogP contribution < -0.4 is 5.32 Å². The molecule has 15 heavy (non-hydrogen) atoms. The molecule has 0 aromatic rings. The van der Waals surface area contributed by atoms with Gasteiger partial charge in [0.1, 0.15) is 0 Å². The van der Waals surface area contributed by atoms with Crippen molar-refractivity contribution >= 4 is 0 Å². The van der Waals surface area contributed by atoms with Crippen LogP contribution in [0.25, 0.3) is 0 Å². The smallest absolute Gasteiger partial charge is 0.0826 e. The van der Waals surface area contributed by atoms with Crippen molar-refractivity contribution in [2.24, 2.45) is 0 Å². The first kappa shape index (κ1) is 12.4. The standard InChI is InChI=1S/C11H21N3O/c1-2-14-7-8-15-11(10-14)9-13-6-4-3-5-12/h11,13H,2-4,6-10H2,1H3. The largest absolute Gasteiger partial charge is 0.374 e. The summed E-state index contributed by atoms with van der Waals surface area (Å²) in [6, 6.07) is 2.14. The zero-order valence-electron chi connectivity index (χ0n) is 9.54. The molecule has 0 amide bonds. The van der Waals surface area contributed by atoms with Gasteiger partial charge in [-0.15, -0.1) is 0 Å². The van der Waals surface area contributed by atoms with Crippen LogP contribution in [0.2, 0.25) is 0 Å². The second-order valence-electron chi connectivity index (χ2n) is 3.85. The molecular formula is C11H21N3O. The molecule has 1 unspecified atom stereocenters. The average molecular weight is 211 g/mol. The van der Waals surface area contributed by atoms with Crippen LogP contribution in [0.3, 0.4) is 0 Å². The topological polar surface area (TPSA) is 48.3 Å². The fraction of sp³-hybridized carbons (Fsp3) is 0.909. The number of morpholine rings is 1. The summed E-state index contributed by atoms with van der Waals surface area (Å²) in [4.78, 5) is 2.41. The normalized spacial score (nSPS) is 22.5. The fourth-order valence-corrected chi connectivity index (χ4v) is 1.75. The molecule has 4 heteroatoms. The molecule has 0 aliphatic carbocycles. The highest BCUT2D eigenvalue weighted by atomic mass is 16.5. The second-order valence-corrected chi connectivity index (χ2v) is 3.85. The van der Waals surface area contributed by atoms with E-state index in [1.807, 2.05) is 0 Å². The predicted molar refractivity (Wildman–Crippen MR) is 59.6 cm³/mol. The summed E-state index contributed by atoms with van der Waals surface area (Å²) in [5.74, 6) is 0. The Morgan fingerprint density at radius 2 is 2.47 bits per heavy atom. The summed E-state index contributed by atoms with van der Waals surface area (Å²) >= 11 is 0. The maximum atomic E-state index is 8.37. The Balaban J connectivity index is 2.03. The number of nitrogens with zero attached hydrogens (tertiary/aromatic N) is 2. The lowest BCUT2D eigenvalue weighted by atomic mass is 10.2. The molecule has 4 nitrogen and oxygen atoms in total. The minimum absolute atomic E-state index is 0.320. The van der Waals surface area contributed by atoms with E-state index < -0.39 is 0 Å². The van der Waals surface area contributed by atoms with Gasteiger partial charge >= 0.3 is 0 Å². The van der Waals surface area contributed by atoms with Crippen molar-refractivity contribution in [2.75, 3.05) is 39.3 Å². The van der Waals surface area contributed by atoms with Gasteiger partial charge in [-0.3, -0.25) is 4.90 Å². The van der Waals surface area contributed by atoms with E-state index in [2.05, 4.69) is 23.2 Å². The fourth-order valence-electron chi connectivity index (χ4n) is 1.75. The van der Waals surface area contributed by atoms with Gasteiger partial charge < -0.3 is 10.1 Å². The van der Waals surface area contributed by atoms with Crippen molar-refractivity contribution in [1.82, 2.24) is 10.2 Å². The molecular weight excluding hydrogens is 190 g/mol. The number of likely N-dealkylation sites (N-methyl/N-ethyl adjacent to an activating group) is 1. The van der Waals surface area contributed by atoms with Gasteiger partial charge in [0.05, 0.1) is 18.8 Å². The van der Waals surface area contributed by atoms with Gasteiger partial charge in [0.25, 0.3) is 0 Å². The number of unbranched alkanes of at least 4 members (excludes halogenated alkanes) is 1. The highest BCUT2D eigenvalue weighted by Crippen LogP contribution is 2.03. The van der Waals surface area contributed by atoms with Gasteiger partial charge in [-0.2, -0.15) is 5.26 Å². The summed E-state index contributed by atoms with van der Waals surface area (Å²) in [7, 11) is 0. The quantitative estimate of drug-likeness (QED) is 0.654. The van der Waals surface area contributed by atoms with Gasteiger partial charge in [-0.05, 0) is 19.5 Å². The summed E-state index contributed by atoms with van der Waals surface area (Å²) in [5.41, 5.74) is 0. The Morgan fingerprint density at radius 3 is 3.20 bits per heavy atom. The third-order valence-electron chi connectivity index (χ3n) is 2.68. The molecule has 1 heterocycles. The van der Waals surface area contributed by atoms with E-state index in [-0.39, 0.29) is 0 Å². The van der Waals surface area contributed by atoms with Gasteiger partial charge in [-0.25, -0.2) is 0 Å². The Morgan fingerprint density at radius 1 is 1.60 bits per heavy atom. The Labute approximate surface area is 92.2 Å². The van der Waals surface area contributed by atoms with Gasteiger partial charge in [0.15, 0.2) is 0 Å². The highest BCUT2D eigenvalue weighted by molar-refractivity contribution is 4.73. The van der Waals surface area contributed by atoms with E-state index >= 15 is 0 Å². The average Bonchev–Trinajstić information content (AvgIpc) is 2.29. The van der Waals surface area contributed by atoms with Crippen molar-refractivity contribution in [3.8, 4) is 6.07 Å². The monoisotopic (exact) mass is 211 g/mol. The van der Waals surface area contributed by atoms with E-state index in [4.69, 9.17) is 10.00 Å². The van der Waals surface area contributed by atoms with Crippen LogP contribution >= 0.6 is 0 Å². The van der Waals surface area contributed by atoms with Crippen LogP contribution in [0.15, 0.2) is 0 Å². The molecule has 0 bridgehead atoms. The van der Waals surface area contributed by atoms with E-state index in [0.717, 1.165) is 45.8 Å². The van der Waals surface area contributed by atoms with Gasteiger partial charge in [0.2, 0.25) is 0 Å². The first-order valence-electron chi connectivity index (χ1n) is 5.78. The van der Waals surface area contributed by atoms with Crippen LogP contribution in [0.1, 0.15) is 19.8 Å². The van der Waals surface area contributed by atoms with Crippen LogP contribution in [0, 0.1) is 11.3 Å². The Hall–Kier alpha value is -0.630. The predicted octanol–water partition coefficient (Wildman–Crippen LogP) is 0.600. The van der Waals surface area contributed by atoms with Crippen molar-refractivity contribution in [3.63, 3.8) is 0 Å². The number of hydrogen-bond donors (Lipinski definition) is 1. The highest BCUT2D eigenvalue weighted by Gasteiger charge is 2.18. The van der Waals surface area contributed by atoms with Crippen LogP contribution in [-0.4, -0.2) is 50.3 Å². The van der Waals surface area contributed by atoms with E-state index in [1.165, 1.54) is 0 Å². The molecule has 1 aliphatic heterocycles. The lowest BCUT2D eigenvalue weighted by Gasteiger charge is -2.32. The van der Waals surface area contributed by atoms with Crippen molar-refractivity contribution in [3.05, 3.63) is 0 Å². The molecule has 1 fully saturated rings. The molecule has 1 N–H and O–H groups in total.